The van der Waals surface area contributed by atoms with Gasteiger partial charge in [0.05, 0.1) is 18.4 Å². The van der Waals surface area contributed by atoms with Gasteiger partial charge < -0.3 is 5.32 Å². The lowest BCUT2D eigenvalue weighted by molar-refractivity contribution is -0.122. The quantitative estimate of drug-likeness (QED) is 0.381. The summed E-state index contributed by atoms with van der Waals surface area (Å²) >= 11 is 0. The van der Waals surface area contributed by atoms with Crippen LogP contribution in [-0.2, 0) is 14.8 Å². The van der Waals surface area contributed by atoms with Crippen molar-refractivity contribution >= 4 is 21.9 Å². The van der Waals surface area contributed by atoms with E-state index in [-0.39, 0.29) is 16.8 Å². The van der Waals surface area contributed by atoms with Crippen molar-refractivity contribution in [1.82, 2.24) is 20.0 Å². The average Bonchev–Trinajstić information content (AvgIpc) is 2.44. The van der Waals surface area contributed by atoms with Gasteiger partial charge in [-0.3, -0.25) is 10.2 Å². The predicted molar refractivity (Wildman–Crippen MR) is 77.5 cm³/mol. The molecule has 1 unspecified atom stereocenters. The van der Waals surface area contributed by atoms with Crippen molar-refractivity contribution in [2.24, 2.45) is 11.8 Å². The second kappa shape index (κ2) is 7.29. The zero-order chi connectivity index (χ0) is 16.0. The molecular formula is C11H20N6O3S. The van der Waals surface area contributed by atoms with Gasteiger partial charge >= 0.3 is 0 Å². The van der Waals surface area contributed by atoms with Crippen LogP contribution in [0.25, 0.3) is 0 Å². The number of anilines is 1. The van der Waals surface area contributed by atoms with Crippen LogP contribution in [0.2, 0.25) is 0 Å². The van der Waals surface area contributed by atoms with E-state index in [2.05, 4.69) is 25.4 Å². The largest absolute Gasteiger partial charge is 0.354 e. The van der Waals surface area contributed by atoms with Gasteiger partial charge in [-0.05, 0) is 12.8 Å². The summed E-state index contributed by atoms with van der Waals surface area (Å²) in [7, 11) is -3.87. The molecule has 118 valence electrons. The zero-order valence-corrected chi connectivity index (χ0v) is 12.9. The first-order valence-corrected chi connectivity index (χ1v) is 7.83. The third-order valence-corrected chi connectivity index (χ3v) is 3.97. The Balaban J connectivity index is 2.72. The Morgan fingerprint density at radius 3 is 2.33 bits per heavy atom. The molecule has 0 radical (unpaired) electrons. The van der Waals surface area contributed by atoms with Crippen LogP contribution in [0.15, 0.2) is 17.3 Å². The lowest BCUT2D eigenvalue weighted by Crippen LogP contribution is -2.45. The van der Waals surface area contributed by atoms with E-state index in [1.54, 1.807) is 0 Å². The van der Waals surface area contributed by atoms with Gasteiger partial charge in [-0.15, -0.1) is 0 Å². The summed E-state index contributed by atoms with van der Waals surface area (Å²) in [6.07, 6.45) is 2.20. The molecular weight excluding hydrogens is 296 g/mol. The van der Waals surface area contributed by atoms with Crippen molar-refractivity contribution < 1.29 is 13.2 Å². The molecule has 21 heavy (non-hydrogen) atoms. The van der Waals surface area contributed by atoms with E-state index in [0.717, 1.165) is 12.4 Å². The van der Waals surface area contributed by atoms with Crippen LogP contribution in [0.3, 0.4) is 0 Å². The number of nitrogen functional groups attached to an aromatic ring is 1. The van der Waals surface area contributed by atoms with Crippen molar-refractivity contribution in [3.63, 3.8) is 0 Å². The number of hydrazine groups is 1. The van der Waals surface area contributed by atoms with Crippen LogP contribution < -0.4 is 21.3 Å². The van der Waals surface area contributed by atoms with Crippen molar-refractivity contribution in [3.8, 4) is 0 Å². The van der Waals surface area contributed by atoms with Gasteiger partial charge in [-0.1, -0.05) is 13.8 Å². The predicted octanol–water partition coefficient (Wildman–Crippen LogP) is -0.799. The minimum Gasteiger partial charge on any atom is -0.354 e. The van der Waals surface area contributed by atoms with E-state index in [9.17, 15) is 13.2 Å². The Hall–Kier alpha value is -1.78. The van der Waals surface area contributed by atoms with Crippen molar-refractivity contribution in [3.05, 3.63) is 12.4 Å². The topological polar surface area (TPSA) is 139 Å². The number of hydrogen-bond donors (Lipinski definition) is 4. The fourth-order valence-corrected chi connectivity index (χ4v) is 2.43. The van der Waals surface area contributed by atoms with E-state index in [0.29, 0.717) is 6.54 Å². The number of hydrogen-bond acceptors (Lipinski definition) is 7. The van der Waals surface area contributed by atoms with Crippen LogP contribution in [0.5, 0.6) is 0 Å². The van der Waals surface area contributed by atoms with Gasteiger partial charge in [0.15, 0.2) is 0 Å². The summed E-state index contributed by atoms with van der Waals surface area (Å²) in [5.41, 5.74) is 2.19. The molecule has 0 spiro atoms. The van der Waals surface area contributed by atoms with Crippen LogP contribution in [0.4, 0.5) is 5.95 Å². The molecule has 0 fully saturated rings. The summed E-state index contributed by atoms with van der Waals surface area (Å²) in [5, 5.41) is 2.65. The van der Waals surface area contributed by atoms with Crippen LogP contribution in [0.1, 0.15) is 20.8 Å². The summed E-state index contributed by atoms with van der Waals surface area (Å²) in [6.45, 7) is 5.83. The van der Waals surface area contributed by atoms with E-state index >= 15 is 0 Å². The molecule has 0 aliphatic carbocycles. The smallest absolute Gasteiger partial charge is 0.244 e. The van der Waals surface area contributed by atoms with E-state index in [1.165, 1.54) is 6.92 Å². The maximum absolute atomic E-state index is 12.1. The van der Waals surface area contributed by atoms with Gasteiger partial charge in [0.1, 0.15) is 4.90 Å². The van der Waals surface area contributed by atoms with E-state index in [1.807, 2.05) is 13.8 Å². The molecule has 0 bridgehead atoms. The summed E-state index contributed by atoms with van der Waals surface area (Å²) in [4.78, 5) is 19.0. The Morgan fingerprint density at radius 1 is 1.29 bits per heavy atom. The Labute approximate surface area is 123 Å². The van der Waals surface area contributed by atoms with Gasteiger partial charge in [0, 0.05) is 6.54 Å². The van der Waals surface area contributed by atoms with Crippen LogP contribution in [-0.4, -0.2) is 36.9 Å². The first kappa shape index (κ1) is 17.3. The molecule has 1 atom stereocenters. The standard InChI is InChI=1S/C11H20N6O3S/c1-7(2)4-13-10(18)8(3)17-21(19,20)9-5-14-11(16-12)15-6-9/h5-8,17H,4,12H2,1-3H3,(H,13,18)(H,14,15,16). The van der Waals surface area contributed by atoms with Crippen molar-refractivity contribution in [2.75, 3.05) is 12.0 Å². The minimum absolute atomic E-state index is 0.0941. The number of nitrogens with one attached hydrogen (secondary N) is 3. The molecule has 1 aromatic heterocycles. The third-order valence-electron chi connectivity index (χ3n) is 2.48. The molecule has 1 amide bonds. The highest BCUT2D eigenvalue weighted by molar-refractivity contribution is 7.89. The first-order chi connectivity index (χ1) is 9.76. The maximum atomic E-state index is 12.1. The number of sulfonamides is 1. The number of rotatable bonds is 7. The molecule has 0 aliphatic heterocycles. The summed E-state index contributed by atoms with van der Waals surface area (Å²) < 4.78 is 26.4. The molecule has 1 rings (SSSR count). The summed E-state index contributed by atoms with van der Waals surface area (Å²) in [5.74, 6) is 5.07. The van der Waals surface area contributed by atoms with Crippen LogP contribution in [0, 0.1) is 5.92 Å². The molecule has 0 saturated carbocycles. The molecule has 5 N–H and O–H groups in total. The number of aromatic nitrogens is 2. The average molecular weight is 316 g/mol. The number of amides is 1. The number of carbonyl (C=O) groups is 1. The lowest BCUT2D eigenvalue weighted by Gasteiger charge is -2.15. The molecule has 9 nitrogen and oxygen atoms in total. The number of nitrogens with two attached hydrogens (primary N) is 1. The third kappa shape index (κ3) is 5.25. The number of nitrogens with zero attached hydrogens (tertiary/aromatic N) is 2. The van der Waals surface area contributed by atoms with E-state index in [4.69, 9.17) is 5.84 Å². The highest BCUT2D eigenvalue weighted by Crippen LogP contribution is 2.07. The Kier molecular flexibility index (Phi) is 6.00. The minimum atomic E-state index is -3.87. The van der Waals surface area contributed by atoms with Gasteiger partial charge in [-0.2, -0.15) is 4.72 Å². The number of carbonyl (C=O) groups excluding carboxylic acids is 1. The molecule has 0 aromatic carbocycles. The SMILES string of the molecule is CC(C)CNC(=O)C(C)NS(=O)(=O)c1cnc(NN)nc1. The maximum Gasteiger partial charge on any atom is 0.244 e. The lowest BCUT2D eigenvalue weighted by atomic mass is 10.2. The second-order valence-corrected chi connectivity index (χ2v) is 6.58. The first-order valence-electron chi connectivity index (χ1n) is 6.35. The van der Waals surface area contributed by atoms with Gasteiger partial charge in [-0.25, -0.2) is 24.2 Å². The second-order valence-electron chi connectivity index (χ2n) is 4.87. The highest BCUT2D eigenvalue weighted by Gasteiger charge is 2.22. The summed E-state index contributed by atoms with van der Waals surface area (Å²) in [6, 6.07) is -0.902. The van der Waals surface area contributed by atoms with Crippen molar-refractivity contribution in [1.29, 1.82) is 0 Å². The van der Waals surface area contributed by atoms with E-state index < -0.39 is 22.0 Å². The van der Waals surface area contributed by atoms with Crippen molar-refractivity contribution in [2.45, 2.75) is 31.7 Å². The molecule has 10 heteroatoms. The molecule has 0 aliphatic rings. The normalized spacial score (nSPS) is 13.0. The molecule has 1 aromatic rings. The fourth-order valence-electron chi connectivity index (χ4n) is 1.34. The highest BCUT2D eigenvalue weighted by atomic mass is 32.2. The fraction of sp³-hybridized carbons (Fsp3) is 0.545. The van der Waals surface area contributed by atoms with Crippen LogP contribution >= 0.6 is 0 Å². The van der Waals surface area contributed by atoms with Gasteiger partial charge in [0.2, 0.25) is 21.9 Å². The molecule has 0 saturated heterocycles. The Morgan fingerprint density at radius 2 is 1.86 bits per heavy atom. The monoisotopic (exact) mass is 316 g/mol. The zero-order valence-electron chi connectivity index (χ0n) is 12.1. The Bertz CT molecular complexity index is 572. The molecule has 1 heterocycles. The van der Waals surface area contributed by atoms with Gasteiger partial charge in [0.25, 0.3) is 0 Å².